The summed E-state index contributed by atoms with van der Waals surface area (Å²) in [7, 11) is 1.58. The van der Waals surface area contributed by atoms with Crippen LogP contribution >= 0.6 is 11.3 Å². The number of hydrogen-bond donors (Lipinski definition) is 2. The van der Waals surface area contributed by atoms with Crippen molar-refractivity contribution in [2.75, 3.05) is 7.11 Å². The number of carbonyl (C=O) groups excluding carboxylic acids is 1. The molecule has 9 nitrogen and oxygen atoms in total. The van der Waals surface area contributed by atoms with Crippen LogP contribution in [-0.4, -0.2) is 51.6 Å². The highest BCUT2D eigenvalue weighted by Gasteiger charge is 2.64. The van der Waals surface area contributed by atoms with Gasteiger partial charge in [0.05, 0.1) is 13.2 Å². The summed E-state index contributed by atoms with van der Waals surface area (Å²) in [5.74, 6) is -1.22. The van der Waals surface area contributed by atoms with E-state index in [1.807, 2.05) is 32.2 Å². The van der Waals surface area contributed by atoms with Crippen molar-refractivity contribution in [3.63, 3.8) is 0 Å². The summed E-state index contributed by atoms with van der Waals surface area (Å²) in [4.78, 5) is 43.5. The van der Waals surface area contributed by atoms with Crippen LogP contribution in [0.3, 0.4) is 0 Å². The number of aliphatic carboxylic acids is 1. The van der Waals surface area contributed by atoms with Gasteiger partial charge in [0.25, 0.3) is 5.91 Å². The molecule has 1 aromatic carbocycles. The van der Waals surface area contributed by atoms with E-state index in [4.69, 9.17) is 9.57 Å². The van der Waals surface area contributed by atoms with Gasteiger partial charge in [0, 0.05) is 23.1 Å². The first kappa shape index (κ1) is 27.1. The van der Waals surface area contributed by atoms with Gasteiger partial charge in [0.2, 0.25) is 0 Å². The van der Waals surface area contributed by atoms with Gasteiger partial charge in [-0.25, -0.2) is 14.8 Å². The van der Waals surface area contributed by atoms with Crippen LogP contribution in [0.5, 0.6) is 5.75 Å². The zero-order chi connectivity index (χ0) is 27.2. The number of nitrogens with one attached hydrogen (secondary N) is 1. The molecule has 10 heteroatoms. The number of carbonyl (C=O) groups is 2. The smallest absolute Gasteiger partial charge is 0.329 e. The average Bonchev–Trinajstić information content (AvgIpc) is 3.57. The molecule has 2 aromatic rings. The molecule has 37 heavy (non-hydrogen) atoms. The number of aliphatic imine (C=N–C) groups is 1. The Bertz CT molecular complexity index is 1190. The fourth-order valence-electron chi connectivity index (χ4n) is 5.71. The topological polar surface area (TPSA) is 113 Å². The Morgan fingerprint density at radius 3 is 2.59 bits per heavy atom. The molecule has 4 atom stereocenters. The highest BCUT2D eigenvalue weighted by Crippen LogP contribution is 2.55. The molecule has 0 saturated carbocycles. The number of benzene rings is 1. The number of ether oxygens (including phenoxy) is 1. The molecule has 0 spiro atoms. The van der Waals surface area contributed by atoms with Crippen LogP contribution < -0.4 is 10.2 Å². The largest absolute Gasteiger partial charge is 0.496 e. The molecule has 1 amide bonds. The van der Waals surface area contributed by atoms with Gasteiger partial charge in [-0.15, -0.1) is 16.8 Å². The Hall–Kier alpha value is -2.98. The van der Waals surface area contributed by atoms with E-state index in [9.17, 15) is 14.7 Å². The molecule has 2 aliphatic rings. The first-order chi connectivity index (χ1) is 17.3. The molecule has 2 aliphatic heterocycles. The third kappa shape index (κ3) is 4.72. The van der Waals surface area contributed by atoms with Crippen LogP contribution in [0.4, 0.5) is 0 Å². The average molecular weight is 529 g/mol. The molecule has 0 aliphatic carbocycles. The first-order valence-electron chi connectivity index (χ1n) is 12.5. The summed E-state index contributed by atoms with van der Waals surface area (Å²) in [5, 5.41) is 13.3. The van der Waals surface area contributed by atoms with E-state index < -0.39 is 29.1 Å². The Kier molecular flexibility index (Phi) is 7.11. The van der Waals surface area contributed by atoms with Crippen molar-refractivity contribution in [1.82, 2.24) is 15.4 Å². The van der Waals surface area contributed by atoms with Crippen LogP contribution in [0.1, 0.15) is 81.4 Å². The highest BCUT2D eigenvalue weighted by atomic mass is 32.1. The number of carboxylic acid groups (broad SMARTS) is 1. The third-order valence-electron chi connectivity index (χ3n) is 7.36. The van der Waals surface area contributed by atoms with Gasteiger partial charge in [-0.3, -0.25) is 4.79 Å². The summed E-state index contributed by atoms with van der Waals surface area (Å²) in [5.41, 5.74) is 1.67. The maximum Gasteiger partial charge on any atom is 0.329 e. The highest BCUT2D eigenvalue weighted by molar-refractivity contribution is 7.09. The number of hydroxylamine groups is 1. The summed E-state index contributed by atoms with van der Waals surface area (Å²) in [6.45, 7) is 12.0. The van der Waals surface area contributed by atoms with Crippen LogP contribution in [0.2, 0.25) is 0 Å². The van der Waals surface area contributed by atoms with Crippen LogP contribution in [0.15, 0.2) is 34.8 Å². The minimum Gasteiger partial charge on any atom is -0.496 e. The van der Waals surface area contributed by atoms with Crippen molar-refractivity contribution in [3.05, 3.63) is 45.9 Å². The second-order valence-electron chi connectivity index (χ2n) is 11.5. The second kappa shape index (κ2) is 9.72. The summed E-state index contributed by atoms with van der Waals surface area (Å²) in [6.07, 6.45) is 3.47. The number of carboxylic acids is 1. The van der Waals surface area contributed by atoms with Crippen molar-refractivity contribution in [2.45, 2.75) is 77.0 Å². The minimum absolute atomic E-state index is 0.0176. The Morgan fingerprint density at radius 1 is 1.35 bits per heavy atom. The number of methoxy groups -OCH3 is 1. The van der Waals surface area contributed by atoms with Crippen LogP contribution in [-0.2, 0) is 15.0 Å². The maximum atomic E-state index is 14.4. The lowest BCUT2D eigenvalue weighted by Crippen LogP contribution is -2.54. The van der Waals surface area contributed by atoms with Gasteiger partial charge in [0.1, 0.15) is 22.0 Å². The number of amides is 1. The predicted molar refractivity (Wildman–Crippen MR) is 142 cm³/mol. The van der Waals surface area contributed by atoms with Crippen molar-refractivity contribution in [2.24, 2.45) is 16.8 Å². The second-order valence-corrected chi connectivity index (χ2v) is 12.4. The van der Waals surface area contributed by atoms with Gasteiger partial charge in [-0.2, -0.15) is 0 Å². The Morgan fingerprint density at radius 2 is 2.08 bits per heavy atom. The van der Waals surface area contributed by atoms with Gasteiger partial charge >= 0.3 is 5.97 Å². The third-order valence-corrected chi connectivity index (χ3v) is 8.21. The lowest BCUT2D eigenvalue weighted by molar-refractivity contribution is -0.150. The van der Waals surface area contributed by atoms with Gasteiger partial charge in [-0.1, -0.05) is 40.7 Å². The number of hydrogen-bond acceptors (Lipinski definition) is 8. The van der Waals surface area contributed by atoms with E-state index in [1.165, 1.54) is 17.7 Å². The molecule has 1 aromatic heterocycles. The molecule has 200 valence electrons. The molecule has 0 radical (unpaired) electrons. The lowest BCUT2D eigenvalue weighted by atomic mass is 9.80. The molecule has 3 heterocycles. The molecule has 0 bridgehead atoms. The molecule has 2 N–H and O–H groups in total. The predicted octanol–water partition coefficient (Wildman–Crippen LogP) is 4.80. The van der Waals surface area contributed by atoms with Gasteiger partial charge < -0.3 is 19.6 Å². The molecule has 1 saturated heterocycles. The maximum absolute atomic E-state index is 14.4. The summed E-state index contributed by atoms with van der Waals surface area (Å²) < 4.78 is 5.66. The van der Waals surface area contributed by atoms with Crippen molar-refractivity contribution >= 4 is 29.6 Å². The van der Waals surface area contributed by atoms with Crippen LogP contribution in [0, 0.1) is 11.8 Å². The normalized spacial score (nSPS) is 27.5. The van der Waals surface area contributed by atoms with Crippen molar-refractivity contribution in [3.8, 4) is 5.75 Å². The quantitative estimate of drug-likeness (QED) is 0.531. The van der Waals surface area contributed by atoms with Crippen molar-refractivity contribution in [1.29, 1.82) is 0 Å². The fourth-order valence-corrected chi connectivity index (χ4v) is 6.50. The molecule has 4 rings (SSSR count). The van der Waals surface area contributed by atoms with E-state index in [-0.39, 0.29) is 30.1 Å². The van der Waals surface area contributed by atoms with E-state index in [1.54, 1.807) is 30.3 Å². The summed E-state index contributed by atoms with van der Waals surface area (Å²) in [6, 6.07) is 4.73. The zero-order valence-electron chi connectivity index (χ0n) is 22.4. The number of nitrogens with zero attached hydrogens (tertiary/aromatic N) is 3. The number of thiazole rings is 1. The first-order valence-corrected chi connectivity index (χ1v) is 13.3. The molecule has 2 unspecified atom stereocenters. The number of rotatable bonds is 7. The van der Waals surface area contributed by atoms with E-state index in [0.717, 1.165) is 5.56 Å². The lowest BCUT2D eigenvalue weighted by Gasteiger charge is -2.39. The Balaban J connectivity index is 1.92. The van der Waals surface area contributed by atoms with Crippen LogP contribution in [0.25, 0.3) is 0 Å². The fraction of sp³-hybridized carbons (Fsp3) is 0.556. The number of likely N-dealkylation sites (tertiary alicyclic amines) is 1. The van der Waals surface area contributed by atoms with Gasteiger partial charge in [0.15, 0.2) is 6.40 Å². The van der Waals surface area contributed by atoms with E-state index in [2.05, 4.69) is 36.2 Å². The van der Waals surface area contributed by atoms with Crippen molar-refractivity contribution < 1.29 is 24.3 Å². The standard InChI is InChI=1S/C27H36N4O5S/c1-16(2)13-27(24(33)34)14-19(26(6)29-15-36-30-26)21(22-28-10-11-37-22)31(27)23(32)17-8-9-18(25(3,4)5)20(12-17)35-7/h8-12,15-16,19,21,30H,13-14H2,1-7H3,(H,33,34)/t19?,21-,26?,27+/m1/s1. The van der Waals surface area contributed by atoms with E-state index in [0.29, 0.717) is 16.3 Å². The molecular formula is C27H36N4O5S. The molecule has 1 fully saturated rings. The minimum atomic E-state index is -1.47. The van der Waals surface area contributed by atoms with E-state index >= 15 is 0 Å². The number of aromatic nitrogens is 1. The zero-order valence-corrected chi connectivity index (χ0v) is 23.3. The Labute approximate surface area is 221 Å². The van der Waals surface area contributed by atoms with Gasteiger partial charge in [-0.05, 0) is 48.8 Å². The SMILES string of the molecule is COc1cc(C(=O)N2[C@@H](c3nccs3)C(C3(C)N=CON3)C[C@@]2(CC(C)C)C(=O)O)ccc1C(C)(C)C. The monoisotopic (exact) mass is 528 g/mol. The molecular weight excluding hydrogens is 492 g/mol. The summed E-state index contributed by atoms with van der Waals surface area (Å²) >= 11 is 1.40.